The minimum absolute atomic E-state index is 0.232. The Bertz CT molecular complexity index is 1580. The Morgan fingerprint density at radius 3 is 2.26 bits per heavy atom. The number of hydrogen-bond acceptors (Lipinski definition) is 4. The first-order chi connectivity index (χ1) is 16.7. The molecule has 1 unspecified atom stereocenters. The zero-order valence-corrected chi connectivity index (χ0v) is 19.3. The maximum Gasteiger partial charge on any atom is 0.342 e. The van der Waals surface area contributed by atoms with E-state index in [0.717, 1.165) is 51.7 Å². The van der Waals surface area contributed by atoms with Crippen LogP contribution >= 0.6 is 0 Å². The van der Waals surface area contributed by atoms with Crippen LogP contribution in [0.2, 0.25) is 0 Å². The van der Waals surface area contributed by atoms with Crippen molar-refractivity contribution in [3.05, 3.63) is 112 Å². The summed E-state index contributed by atoms with van der Waals surface area (Å²) in [5, 5.41) is 6.81. The van der Waals surface area contributed by atoms with Gasteiger partial charge in [0.25, 0.3) is 0 Å². The lowest BCUT2D eigenvalue weighted by atomic mass is 9.79. The molecule has 1 N–H and O–H groups in total. The van der Waals surface area contributed by atoms with Gasteiger partial charge in [-0.15, -0.1) is 0 Å². The summed E-state index contributed by atoms with van der Waals surface area (Å²) in [4.78, 5) is 15.8. The molecule has 6 rings (SSSR count). The summed E-state index contributed by atoms with van der Waals surface area (Å²) in [7, 11) is 0. The summed E-state index contributed by atoms with van der Waals surface area (Å²) >= 11 is 0. The largest absolute Gasteiger partial charge is 0.422 e. The Kier molecular flexibility index (Phi) is 4.88. The average molecular weight is 447 g/mol. The zero-order valence-electron chi connectivity index (χ0n) is 19.3. The third-order valence-electron chi connectivity index (χ3n) is 7.01. The second kappa shape index (κ2) is 8.07. The lowest BCUT2D eigenvalue weighted by Crippen LogP contribution is -2.23. The molecule has 0 aliphatic carbocycles. The Labute approximate surface area is 198 Å². The van der Waals surface area contributed by atoms with E-state index in [1.54, 1.807) is 0 Å². The summed E-state index contributed by atoms with van der Waals surface area (Å²) in [6.45, 7) is 6.24. The SMILES string of the molecule is CCN(CC)c1ccc(C2c3c(c4ccccc4oc3=O)Nc3ccc4ccccc4c32)cc1. The smallest absolute Gasteiger partial charge is 0.342 e. The van der Waals surface area contributed by atoms with Gasteiger partial charge in [-0.25, -0.2) is 4.79 Å². The van der Waals surface area contributed by atoms with Gasteiger partial charge >= 0.3 is 5.63 Å². The van der Waals surface area contributed by atoms with Crippen molar-refractivity contribution in [3.63, 3.8) is 0 Å². The molecule has 0 saturated heterocycles. The molecule has 5 aromatic rings. The molecule has 4 heteroatoms. The first kappa shape index (κ1) is 20.5. The second-order valence-corrected chi connectivity index (χ2v) is 8.74. The average Bonchev–Trinajstić information content (AvgIpc) is 2.88. The van der Waals surface area contributed by atoms with Crippen molar-refractivity contribution in [2.45, 2.75) is 19.8 Å². The molecule has 2 heterocycles. The first-order valence-electron chi connectivity index (χ1n) is 11.9. The number of fused-ring (bicyclic) bond motifs is 6. The van der Waals surface area contributed by atoms with Crippen LogP contribution < -0.4 is 15.8 Å². The highest BCUT2D eigenvalue weighted by Crippen LogP contribution is 2.48. The molecule has 168 valence electrons. The van der Waals surface area contributed by atoms with Crippen LogP contribution in [0.4, 0.5) is 17.1 Å². The third kappa shape index (κ3) is 3.10. The van der Waals surface area contributed by atoms with Crippen molar-refractivity contribution in [2.24, 2.45) is 0 Å². The molecule has 0 bridgehead atoms. The highest BCUT2D eigenvalue weighted by Gasteiger charge is 2.33. The van der Waals surface area contributed by atoms with E-state index in [4.69, 9.17) is 4.42 Å². The third-order valence-corrected chi connectivity index (χ3v) is 7.01. The van der Waals surface area contributed by atoms with E-state index in [1.807, 2.05) is 24.3 Å². The van der Waals surface area contributed by atoms with Gasteiger partial charge in [0.2, 0.25) is 0 Å². The molecular weight excluding hydrogens is 420 g/mol. The quantitative estimate of drug-likeness (QED) is 0.295. The van der Waals surface area contributed by atoms with Crippen LogP contribution in [0.5, 0.6) is 0 Å². The number of nitrogens with zero attached hydrogens (tertiary/aromatic N) is 1. The number of rotatable bonds is 4. The zero-order chi connectivity index (χ0) is 23.2. The highest BCUT2D eigenvalue weighted by atomic mass is 16.4. The van der Waals surface area contributed by atoms with E-state index in [1.165, 1.54) is 5.69 Å². The van der Waals surface area contributed by atoms with Crippen LogP contribution in [0.1, 0.15) is 36.5 Å². The van der Waals surface area contributed by atoms with Gasteiger partial charge in [0.15, 0.2) is 0 Å². The van der Waals surface area contributed by atoms with Gasteiger partial charge in [0.1, 0.15) is 5.58 Å². The molecule has 1 aliphatic heterocycles. The molecular formula is C30H26N2O2. The van der Waals surface area contributed by atoms with E-state index >= 15 is 0 Å². The Balaban J connectivity index is 1.65. The van der Waals surface area contributed by atoms with Crippen LogP contribution in [-0.2, 0) is 0 Å². The number of anilines is 3. The van der Waals surface area contributed by atoms with Crippen molar-refractivity contribution in [2.75, 3.05) is 23.3 Å². The van der Waals surface area contributed by atoms with Crippen molar-refractivity contribution in [1.29, 1.82) is 0 Å². The van der Waals surface area contributed by atoms with Crippen LogP contribution in [0.15, 0.2) is 94.1 Å². The maximum atomic E-state index is 13.5. The predicted octanol–water partition coefficient (Wildman–Crippen LogP) is 7.03. The Morgan fingerprint density at radius 1 is 0.794 bits per heavy atom. The van der Waals surface area contributed by atoms with Crippen LogP contribution in [0, 0.1) is 0 Å². The van der Waals surface area contributed by atoms with Gasteiger partial charge in [-0.2, -0.15) is 0 Å². The molecule has 4 aromatic carbocycles. The van der Waals surface area contributed by atoms with Crippen LogP contribution in [0.25, 0.3) is 21.7 Å². The summed E-state index contributed by atoms with van der Waals surface area (Å²) in [6, 6.07) is 29.0. The summed E-state index contributed by atoms with van der Waals surface area (Å²) in [5.74, 6) is -0.232. The van der Waals surface area contributed by atoms with E-state index in [2.05, 4.69) is 84.7 Å². The lowest BCUT2D eigenvalue weighted by Gasteiger charge is -2.31. The van der Waals surface area contributed by atoms with E-state index in [-0.39, 0.29) is 11.5 Å². The van der Waals surface area contributed by atoms with Crippen molar-refractivity contribution < 1.29 is 4.42 Å². The fraction of sp³-hybridized carbons (Fsp3) is 0.167. The van der Waals surface area contributed by atoms with Crippen LogP contribution in [0.3, 0.4) is 0 Å². The number of hydrogen-bond donors (Lipinski definition) is 1. The first-order valence-corrected chi connectivity index (χ1v) is 11.9. The molecule has 0 amide bonds. The molecule has 1 aromatic heterocycles. The van der Waals surface area contributed by atoms with Crippen molar-refractivity contribution >= 4 is 38.8 Å². The molecule has 0 fully saturated rings. The van der Waals surface area contributed by atoms with Gasteiger partial charge in [0, 0.05) is 35.8 Å². The predicted molar refractivity (Wildman–Crippen MR) is 141 cm³/mol. The van der Waals surface area contributed by atoms with Crippen molar-refractivity contribution in [1.82, 2.24) is 0 Å². The molecule has 0 saturated carbocycles. The maximum absolute atomic E-state index is 13.5. The number of para-hydroxylation sites is 1. The fourth-order valence-corrected chi connectivity index (χ4v) is 5.36. The molecule has 0 radical (unpaired) electrons. The minimum atomic E-state index is -0.294. The minimum Gasteiger partial charge on any atom is -0.422 e. The second-order valence-electron chi connectivity index (χ2n) is 8.74. The molecule has 0 spiro atoms. The molecule has 1 atom stereocenters. The van der Waals surface area contributed by atoms with Gasteiger partial charge in [-0.05, 0) is 66.1 Å². The van der Waals surface area contributed by atoms with Crippen LogP contribution in [-0.4, -0.2) is 13.1 Å². The van der Waals surface area contributed by atoms with Gasteiger partial charge in [0.05, 0.1) is 11.3 Å². The normalized spacial score (nSPS) is 14.5. The lowest BCUT2D eigenvalue weighted by molar-refractivity contribution is 0.549. The monoisotopic (exact) mass is 446 g/mol. The molecule has 34 heavy (non-hydrogen) atoms. The number of nitrogens with one attached hydrogen (secondary N) is 1. The highest BCUT2D eigenvalue weighted by molar-refractivity contribution is 6.00. The van der Waals surface area contributed by atoms with Crippen molar-refractivity contribution in [3.8, 4) is 0 Å². The van der Waals surface area contributed by atoms with Gasteiger partial charge < -0.3 is 14.6 Å². The topological polar surface area (TPSA) is 45.5 Å². The Morgan fingerprint density at radius 2 is 1.50 bits per heavy atom. The van der Waals surface area contributed by atoms with E-state index in [0.29, 0.717) is 11.1 Å². The van der Waals surface area contributed by atoms with Gasteiger partial charge in [-0.3, -0.25) is 0 Å². The van der Waals surface area contributed by atoms with E-state index < -0.39 is 0 Å². The standard InChI is InChI=1S/C30H26N2O2/c1-3-32(4-2)21-16-13-20(14-17-21)26-27-22-10-6-5-9-19(22)15-18-24(27)31-29-23-11-7-8-12-25(23)34-30(33)28(26)29/h5-18,26,31H,3-4H2,1-2H3. The summed E-state index contributed by atoms with van der Waals surface area (Å²) in [6.07, 6.45) is 0. The summed E-state index contributed by atoms with van der Waals surface area (Å²) < 4.78 is 5.83. The van der Waals surface area contributed by atoms with E-state index in [9.17, 15) is 4.79 Å². The Hall–Kier alpha value is -4.05. The summed E-state index contributed by atoms with van der Waals surface area (Å²) in [5.41, 5.74) is 6.22. The number of benzene rings is 4. The molecule has 4 nitrogen and oxygen atoms in total. The fourth-order valence-electron chi connectivity index (χ4n) is 5.36. The van der Waals surface area contributed by atoms with Gasteiger partial charge in [-0.1, -0.05) is 54.6 Å². The molecule has 1 aliphatic rings.